The Bertz CT molecular complexity index is 494. The first-order chi connectivity index (χ1) is 8.54. The second-order valence-electron chi connectivity index (χ2n) is 3.97. The highest BCUT2D eigenvalue weighted by Gasteiger charge is 2.20. The van der Waals surface area contributed by atoms with Crippen LogP contribution >= 0.6 is 11.6 Å². The molecule has 7 nitrogen and oxygen atoms in total. The van der Waals surface area contributed by atoms with E-state index in [1.807, 2.05) is 0 Å². The van der Waals surface area contributed by atoms with Crippen molar-refractivity contribution in [2.45, 2.75) is 18.9 Å². The van der Waals surface area contributed by atoms with Crippen LogP contribution in [-0.4, -0.2) is 28.4 Å². The molecule has 0 bridgehead atoms. The van der Waals surface area contributed by atoms with Crippen molar-refractivity contribution in [3.8, 4) is 0 Å². The van der Waals surface area contributed by atoms with Gasteiger partial charge in [0.2, 0.25) is 5.91 Å². The van der Waals surface area contributed by atoms with Gasteiger partial charge in [0.05, 0.1) is 17.1 Å². The Kier molecular flexibility index (Phi) is 3.61. The summed E-state index contributed by atoms with van der Waals surface area (Å²) in [4.78, 5) is 25.0. The van der Waals surface area contributed by atoms with Gasteiger partial charge in [-0.2, -0.15) is 0 Å². The normalized spacial score (nSPS) is 18.5. The van der Waals surface area contributed by atoms with Crippen molar-refractivity contribution in [1.29, 1.82) is 0 Å². The average molecular weight is 271 g/mol. The van der Waals surface area contributed by atoms with Gasteiger partial charge in [-0.3, -0.25) is 14.9 Å². The van der Waals surface area contributed by atoms with Crippen molar-refractivity contribution < 1.29 is 9.72 Å². The number of amides is 1. The molecule has 0 saturated carbocycles. The van der Waals surface area contributed by atoms with E-state index in [0.29, 0.717) is 18.8 Å². The predicted octanol–water partition coefficient (Wildman–Crippen LogP) is 1.33. The van der Waals surface area contributed by atoms with Crippen LogP contribution in [0.3, 0.4) is 0 Å². The summed E-state index contributed by atoms with van der Waals surface area (Å²) < 4.78 is 0. The maximum Gasteiger partial charge on any atom is 0.276 e. The molecule has 96 valence electrons. The van der Waals surface area contributed by atoms with Gasteiger partial charge in [-0.1, -0.05) is 11.6 Å². The molecule has 0 spiro atoms. The lowest BCUT2D eigenvalue weighted by molar-refractivity contribution is -0.384. The second kappa shape index (κ2) is 5.18. The van der Waals surface area contributed by atoms with E-state index in [2.05, 4.69) is 15.6 Å². The van der Waals surface area contributed by atoms with E-state index in [-0.39, 0.29) is 22.8 Å². The first kappa shape index (κ1) is 12.6. The Balaban J connectivity index is 2.00. The number of nitro groups is 1. The van der Waals surface area contributed by atoms with Crippen molar-refractivity contribution in [2.75, 3.05) is 11.9 Å². The van der Waals surface area contributed by atoms with Gasteiger partial charge in [0.25, 0.3) is 5.69 Å². The van der Waals surface area contributed by atoms with Gasteiger partial charge in [-0.25, -0.2) is 4.98 Å². The van der Waals surface area contributed by atoms with Gasteiger partial charge in [0.1, 0.15) is 11.0 Å². The van der Waals surface area contributed by atoms with E-state index >= 15 is 0 Å². The first-order valence-electron chi connectivity index (χ1n) is 5.40. The van der Waals surface area contributed by atoms with E-state index in [1.165, 1.54) is 12.1 Å². The Morgan fingerprint density at radius 3 is 3.00 bits per heavy atom. The number of anilines is 1. The maximum atomic E-state index is 11.0. The van der Waals surface area contributed by atoms with Gasteiger partial charge in [-0.05, 0) is 6.42 Å². The van der Waals surface area contributed by atoms with E-state index < -0.39 is 4.92 Å². The third-order valence-electron chi connectivity index (χ3n) is 2.60. The van der Waals surface area contributed by atoms with Gasteiger partial charge in [-0.15, -0.1) is 0 Å². The number of carbonyl (C=O) groups excluding carboxylic acids is 1. The predicted molar refractivity (Wildman–Crippen MR) is 65.6 cm³/mol. The SMILES string of the molecule is O=C1CCC(CNc2cc([N+](=O)[O-])cc(Cl)n2)N1. The third-order valence-corrected chi connectivity index (χ3v) is 2.80. The molecule has 1 atom stereocenters. The van der Waals surface area contributed by atoms with Crippen LogP contribution in [-0.2, 0) is 4.79 Å². The largest absolute Gasteiger partial charge is 0.368 e. The average Bonchev–Trinajstić information content (AvgIpc) is 2.72. The van der Waals surface area contributed by atoms with Crippen molar-refractivity contribution >= 4 is 29.0 Å². The van der Waals surface area contributed by atoms with Crippen LogP contribution in [0.15, 0.2) is 12.1 Å². The molecular formula is C10H11ClN4O3. The fourth-order valence-corrected chi connectivity index (χ4v) is 1.94. The second-order valence-corrected chi connectivity index (χ2v) is 4.36. The summed E-state index contributed by atoms with van der Waals surface area (Å²) >= 11 is 5.69. The summed E-state index contributed by atoms with van der Waals surface area (Å²) in [6.45, 7) is 0.468. The summed E-state index contributed by atoms with van der Waals surface area (Å²) in [5.41, 5.74) is -0.118. The molecule has 1 fully saturated rings. The number of hydrogen-bond acceptors (Lipinski definition) is 5. The summed E-state index contributed by atoms with van der Waals surface area (Å²) in [6, 6.07) is 2.52. The van der Waals surface area contributed by atoms with Gasteiger partial charge >= 0.3 is 0 Å². The quantitative estimate of drug-likeness (QED) is 0.489. The van der Waals surface area contributed by atoms with Crippen molar-refractivity contribution in [2.24, 2.45) is 0 Å². The minimum absolute atomic E-state index is 0.0202. The third kappa shape index (κ3) is 3.07. The van der Waals surface area contributed by atoms with Crippen LogP contribution in [0.4, 0.5) is 11.5 Å². The molecule has 1 aliphatic heterocycles. The number of hydrogen-bond donors (Lipinski definition) is 2. The lowest BCUT2D eigenvalue weighted by Gasteiger charge is -2.11. The van der Waals surface area contributed by atoms with Crippen molar-refractivity contribution in [1.82, 2.24) is 10.3 Å². The monoisotopic (exact) mass is 270 g/mol. The lowest BCUT2D eigenvalue weighted by Crippen LogP contribution is -2.31. The smallest absolute Gasteiger partial charge is 0.276 e. The van der Waals surface area contributed by atoms with Gasteiger partial charge in [0.15, 0.2) is 0 Å². The first-order valence-corrected chi connectivity index (χ1v) is 5.77. The Labute approximate surface area is 108 Å². The van der Waals surface area contributed by atoms with E-state index in [0.717, 1.165) is 6.42 Å². The number of carbonyl (C=O) groups is 1. The number of nitrogens with zero attached hydrogens (tertiary/aromatic N) is 2. The van der Waals surface area contributed by atoms with Crippen molar-refractivity contribution in [3.05, 3.63) is 27.4 Å². The van der Waals surface area contributed by atoms with E-state index in [1.54, 1.807) is 0 Å². The highest BCUT2D eigenvalue weighted by molar-refractivity contribution is 6.29. The van der Waals surface area contributed by atoms with Crippen LogP contribution in [0.1, 0.15) is 12.8 Å². The zero-order valence-electron chi connectivity index (χ0n) is 9.35. The van der Waals surface area contributed by atoms with Crippen LogP contribution in [0.2, 0.25) is 5.15 Å². The van der Waals surface area contributed by atoms with E-state index in [9.17, 15) is 14.9 Å². The molecule has 2 rings (SSSR count). The highest BCUT2D eigenvalue weighted by Crippen LogP contribution is 2.20. The molecule has 1 unspecified atom stereocenters. The molecule has 0 radical (unpaired) electrons. The molecule has 1 aromatic heterocycles. The fourth-order valence-electron chi connectivity index (χ4n) is 1.74. The standard InChI is InChI=1S/C10H11ClN4O3/c11-8-3-7(15(17)18)4-9(14-8)12-5-6-1-2-10(16)13-6/h3-4,6H,1-2,5H2,(H,12,14)(H,13,16). The lowest BCUT2D eigenvalue weighted by atomic mass is 10.2. The molecule has 1 saturated heterocycles. The van der Waals surface area contributed by atoms with Gasteiger partial charge in [0, 0.05) is 19.0 Å². The summed E-state index contributed by atoms with van der Waals surface area (Å²) in [5.74, 6) is 0.349. The zero-order chi connectivity index (χ0) is 13.1. The van der Waals surface area contributed by atoms with Crippen LogP contribution in [0, 0.1) is 10.1 Å². The highest BCUT2D eigenvalue weighted by atomic mass is 35.5. The topological polar surface area (TPSA) is 97.2 Å². The summed E-state index contributed by atoms with van der Waals surface area (Å²) in [6.07, 6.45) is 1.25. The minimum Gasteiger partial charge on any atom is -0.368 e. The molecule has 2 heterocycles. The number of halogens is 1. The number of pyridine rings is 1. The molecular weight excluding hydrogens is 260 g/mol. The number of nitrogens with one attached hydrogen (secondary N) is 2. The fraction of sp³-hybridized carbons (Fsp3) is 0.400. The van der Waals surface area contributed by atoms with Crippen LogP contribution in [0.5, 0.6) is 0 Å². The van der Waals surface area contributed by atoms with E-state index in [4.69, 9.17) is 11.6 Å². The molecule has 1 aliphatic rings. The Morgan fingerprint density at radius 1 is 1.61 bits per heavy atom. The van der Waals surface area contributed by atoms with Crippen LogP contribution in [0.25, 0.3) is 0 Å². The van der Waals surface area contributed by atoms with Crippen molar-refractivity contribution in [3.63, 3.8) is 0 Å². The van der Waals surface area contributed by atoms with Crippen LogP contribution < -0.4 is 10.6 Å². The number of rotatable bonds is 4. The zero-order valence-corrected chi connectivity index (χ0v) is 10.1. The van der Waals surface area contributed by atoms with Gasteiger partial charge < -0.3 is 10.6 Å². The molecule has 18 heavy (non-hydrogen) atoms. The molecule has 1 aromatic rings. The molecule has 8 heteroatoms. The molecule has 0 aliphatic carbocycles. The Hall–Kier alpha value is -1.89. The molecule has 2 N–H and O–H groups in total. The molecule has 1 amide bonds. The summed E-state index contributed by atoms with van der Waals surface area (Å²) in [5, 5.41) is 16.4. The molecule has 0 aromatic carbocycles. The number of aromatic nitrogens is 1. The summed E-state index contributed by atoms with van der Waals surface area (Å²) in [7, 11) is 0. The minimum atomic E-state index is -0.532. The Morgan fingerprint density at radius 2 is 2.39 bits per heavy atom. The maximum absolute atomic E-state index is 11.0.